The van der Waals surface area contributed by atoms with Crippen molar-refractivity contribution in [3.8, 4) is 0 Å². The number of rotatable bonds is 47. The van der Waals surface area contributed by atoms with Crippen LogP contribution in [0.4, 0.5) is 0 Å². The average molecular weight is 1060 g/mol. The monoisotopic (exact) mass is 1060 g/mol. The van der Waals surface area contributed by atoms with Crippen molar-refractivity contribution in [1.82, 2.24) is 0 Å². The molecule has 1 rings (SSSR count). The van der Waals surface area contributed by atoms with Gasteiger partial charge in [-0.15, -0.1) is 0 Å². The highest BCUT2D eigenvalue weighted by atomic mass is 31.2. The Labute approximate surface area is 439 Å². The van der Waals surface area contributed by atoms with Gasteiger partial charge in [-0.25, -0.2) is 4.57 Å². The molecule has 426 valence electrons. The van der Waals surface area contributed by atoms with Crippen molar-refractivity contribution >= 4 is 43.6 Å². The maximum Gasteiger partial charge on any atom is 0.474 e. The van der Waals surface area contributed by atoms with Crippen molar-refractivity contribution in [2.24, 2.45) is 0 Å². The molecule has 7 unspecified atom stereocenters. The highest BCUT2D eigenvalue weighted by Crippen LogP contribution is 2.47. The Bertz CT molecular complexity index is 1530. The van der Waals surface area contributed by atoms with E-state index in [-0.39, 0.29) is 12.8 Å². The first-order valence-electron chi connectivity index (χ1n) is 28.4. The largest absolute Gasteiger partial charge is 0.474 e. The summed E-state index contributed by atoms with van der Waals surface area (Å²) in [6.45, 7) is 6.82. The Morgan fingerprint density at radius 1 is 0.452 bits per heavy atom. The zero-order valence-corrected chi connectivity index (χ0v) is 46.9. The molecule has 0 radical (unpaired) electrons. The minimum absolute atomic E-state index is 0.0696. The normalized spacial score (nSPS) is 18.8. The van der Waals surface area contributed by atoms with Gasteiger partial charge >= 0.3 is 43.6 Å². The smallest absolute Gasteiger partial charge is 0.463 e. The van der Waals surface area contributed by atoms with Crippen LogP contribution >= 0.6 is 7.82 Å². The van der Waals surface area contributed by atoms with Gasteiger partial charge in [-0.3, -0.25) is 37.8 Å². The number of unbranched alkanes of at least 4 members (excludes halogenated alkanes) is 30. The summed E-state index contributed by atoms with van der Waals surface area (Å²) >= 11 is 0. The molecule has 0 amide bonds. The Morgan fingerprint density at radius 2 is 0.808 bits per heavy atom. The summed E-state index contributed by atoms with van der Waals surface area (Å²) < 4.78 is 62.1. The molecule has 17 nitrogen and oxygen atoms in total. The lowest BCUT2D eigenvalue weighted by molar-refractivity contribution is -0.291. The van der Waals surface area contributed by atoms with E-state index < -0.39 is 100 Å². The number of hydrogen-bond donors (Lipinski definition) is 1. The van der Waals surface area contributed by atoms with Gasteiger partial charge in [0.15, 0.2) is 24.4 Å². The van der Waals surface area contributed by atoms with Crippen LogP contribution in [0.15, 0.2) is 0 Å². The minimum Gasteiger partial charge on any atom is -0.463 e. The third kappa shape index (κ3) is 38.1. The molecule has 1 aliphatic rings. The fourth-order valence-electron chi connectivity index (χ4n) is 8.87. The third-order valence-electron chi connectivity index (χ3n) is 12.8. The minimum atomic E-state index is -5.27. The Hall–Kier alpha value is -3.11. The van der Waals surface area contributed by atoms with Gasteiger partial charge in [0.05, 0.1) is 6.61 Å². The molecule has 0 aromatic heterocycles. The van der Waals surface area contributed by atoms with E-state index in [0.29, 0.717) is 12.8 Å². The second-order valence-electron chi connectivity index (χ2n) is 19.8. The molecule has 1 heterocycles. The van der Waals surface area contributed by atoms with E-state index in [1.807, 2.05) is 0 Å². The van der Waals surface area contributed by atoms with Gasteiger partial charge in [-0.2, -0.15) is 0 Å². The Balaban J connectivity index is 2.81. The van der Waals surface area contributed by atoms with Gasteiger partial charge < -0.3 is 38.1 Å². The van der Waals surface area contributed by atoms with Crippen LogP contribution in [0.3, 0.4) is 0 Å². The van der Waals surface area contributed by atoms with E-state index in [0.717, 1.165) is 72.6 Å². The van der Waals surface area contributed by atoms with Crippen LogP contribution in [0.5, 0.6) is 0 Å². The predicted molar refractivity (Wildman–Crippen MR) is 278 cm³/mol. The van der Waals surface area contributed by atoms with Crippen LogP contribution in [0, 0.1) is 0 Å². The number of esters is 6. The van der Waals surface area contributed by atoms with Gasteiger partial charge in [0.25, 0.3) is 0 Å². The second-order valence-corrected chi connectivity index (χ2v) is 21.2. The van der Waals surface area contributed by atoms with Crippen LogP contribution < -0.4 is 0 Å². The van der Waals surface area contributed by atoms with E-state index in [1.165, 1.54) is 148 Å². The summed E-state index contributed by atoms with van der Waals surface area (Å²) in [6.07, 6.45) is 28.5. The van der Waals surface area contributed by atoms with E-state index in [2.05, 4.69) is 13.8 Å². The van der Waals surface area contributed by atoms with Gasteiger partial charge in [0, 0.05) is 40.5 Å². The lowest BCUT2D eigenvalue weighted by atomic mass is 9.98. The number of phosphoric ester groups is 1. The topological polar surface area (TPSA) is 223 Å². The summed E-state index contributed by atoms with van der Waals surface area (Å²) in [4.78, 5) is 85.2. The molecule has 1 saturated heterocycles. The zero-order valence-electron chi connectivity index (χ0n) is 46.1. The number of ether oxygens (including phenoxy) is 7. The molecule has 1 fully saturated rings. The molecular weight excluding hydrogens is 964 g/mol. The molecule has 1 aliphatic heterocycles. The summed E-state index contributed by atoms with van der Waals surface area (Å²) in [6, 6.07) is 0. The van der Waals surface area contributed by atoms with Crippen LogP contribution in [-0.4, -0.2) is 97.3 Å². The molecular formula is C55H99O17P. The quantitative estimate of drug-likeness (QED) is 0.0259. The fraction of sp³-hybridized carbons (Fsp3) is 0.891. The van der Waals surface area contributed by atoms with Gasteiger partial charge in [0.1, 0.15) is 19.3 Å². The number of hydrogen-bond acceptors (Lipinski definition) is 16. The number of carbonyl (C=O) groups is 6. The molecule has 73 heavy (non-hydrogen) atoms. The number of carbonyl (C=O) groups excluding carboxylic acids is 6. The molecule has 1 N–H and O–H groups in total. The molecule has 0 saturated carbocycles. The fourth-order valence-corrected chi connectivity index (χ4v) is 9.71. The molecule has 7 atom stereocenters. The average Bonchev–Trinajstić information content (AvgIpc) is 3.32. The van der Waals surface area contributed by atoms with Gasteiger partial charge in [0.2, 0.25) is 6.29 Å². The van der Waals surface area contributed by atoms with E-state index in [1.54, 1.807) is 0 Å². The number of phosphoric acid groups is 1. The van der Waals surface area contributed by atoms with Gasteiger partial charge in [-0.05, 0) is 12.8 Å². The Morgan fingerprint density at radius 3 is 1.19 bits per heavy atom. The Kier molecular flexibility index (Phi) is 41.0. The third-order valence-corrected chi connectivity index (χ3v) is 13.8. The highest BCUT2D eigenvalue weighted by Gasteiger charge is 2.54. The maximum atomic E-state index is 13.6. The van der Waals surface area contributed by atoms with Crippen LogP contribution in [0.1, 0.15) is 260 Å². The van der Waals surface area contributed by atoms with E-state index in [9.17, 15) is 38.2 Å². The van der Waals surface area contributed by atoms with Crippen molar-refractivity contribution in [2.45, 2.75) is 297 Å². The molecule has 0 spiro atoms. The lowest BCUT2D eigenvalue weighted by Gasteiger charge is -2.44. The zero-order chi connectivity index (χ0) is 54.0. The highest BCUT2D eigenvalue weighted by molar-refractivity contribution is 7.47. The SMILES string of the molecule is CCCCCCCCCCCCCCCCCCCC(=O)OC(COC(=O)CCCCCCCCCCCCCCCCC)COP(=O)(O)OC1OC(COC(C)=O)C(OC(C)=O)C(OC(C)=O)C1OC(C)=O. The van der Waals surface area contributed by atoms with Crippen molar-refractivity contribution in [1.29, 1.82) is 0 Å². The molecule has 0 aromatic carbocycles. The van der Waals surface area contributed by atoms with Crippen molar-refractivity contribution < 1.29 is 80.4 Å². The standard InChI is InChI=1S/C55H99O17P/c1-7-9-11-13-15-17-19-21-23-24-26-28-30-32-34-36-38-40-51(61)70-48(41-65-50(60)39-37-35-33-31-29-27-25-22-20-18-16-14-12-10-8-2)42-66-73(62,63)72-55-54(69-47(6)59)53(68-46(5)58)52(67-45(4)57)49(71-55)43-64-44(3)56/h48-49,52-55H,7-43H2,1-6H3,(H,62,63). The van der Waals surface area contributed by atoms with Crippen LogP contribution in [0.2, 0.25) is 0 Å². The predicted octanol–water partition coefficient (Wildman–Crippen LogP) is 13.0. The second kappa shape index (κ2) is 44.1. The lowest BCUT2D eigenvalue weighted by Crippen LogP contribution is -2.62. The first kappa shape index (κ1) is 67.9. The molecule has 0 aliphatic carbocycles. The van der Waals surface area contributed by atoms with E-state index in [4.69, 9.17) is 42.2 Å². The van der Waals surface area contributed by atoms with Crippen LogP contribution in [0.25, 0.3) is 0 Å². The van der Waals surface area contributed by atoms with Gasteiger partial charge in [-0.1, -0.05) is 206 Å². The summed E-state index contributed by atoms with van der Waals surface area (Å²) in [5, 5.41) is 0. The molecule has 0 aromatic rings. The maximum absolute atomic E-state index is 13.6. The molecule has 18 heteroatoms. The summed E-state index contributed by atoms with van der Waals surface area (Å²) in [5.74, 6) is -4.62. The van der Waals surface area contributed by atoms with Crippen molar-refractivity contribution in [3.63, 3.8) is 0 Å². The molecule has 0 bridgehead atoms. The van der Waals surface area contributed by atoms with E-state index >= 15 is 0 Å². The van der Waals surface area contributed by atoms with Crippen molar-refractivity contribution in [3.05, 3.63) is 0 Å². The summed E-state index contributed by atoms with van der Waals surface area (Å²) in [7, 11) is -5.27. The first-order chi connectivity index (χ1) is 35.1. The van der Waals surface area contributed by atoms with Crippen molar-refractivity contribution in [2.75, 3.05) is 19.8 Å². The van der Waals surface area contributed by atoms with Crippen LogP contribution in [-0.2, 0) is 75.5 Å². The first-order valence-corrected chi connectivity index (χ1v) is 29.9. The summed E-state index contributed by atoms with van der Waals surface area (Å²) in [5.41, 5.74) is 0.